The van der Waals surface area contributed by atoms with Gasteiger partial charge in [0.1, 0.15) is 0 Å². The molecule has 2 fully saturated rings. The van der Waals surface area contributed by atoms with Gasteiger partial charge in [-0.05, 0) is 72.6 Å². The van der Waals surface area contributed by atoms with Crippen molar-refractivity contribution >= 4 is 0 Å². The van der Waals surface area contributed by atoms with Gasteiger partial charge in [-0.2, -0.15) is 0 Å². The lowest BCUT2D eigenvalue weighted by Crippen LogP contribution is -2.36. The first-order valence-electron chi connectivity index (χ1n) is 9.98. The molecule has 2 aliphatic carbocycles. The molecule has 0 saturated heterocycles. The molecule has 0 spiro atoms. The van der Waals surface area contributed by atoms with Gasteiger partial charge in [-0.15, -0.1) is 0 Å². The monoisotopic (exact) mass is 331 g/mol. The highest BCUT2D eigenvalue weighted by molar-refractivity contribution is 5.19. The SMILES string of the molecule is CC(CCCC(C)(C)C)C1CC[C@H]2/C(=C/CN=[N+]=[N-])CCCC12C. The van der Waals surface area contributed by atoms with E-state index in [2.05, 4.69) is 50.7 Å². The van der Waals surface area contributed by atoms with Crippen molar-refractivity contribution in [2.45, 2.75) is 86.0 Å². The van der Waals surface area contributed by atoms with Crippen LogP contribution in [-0.4, -0.2) is 6.54 Å². The molecule has 24 heavy (non-hydrogen) atoms. The summed E-state index contributed by atoms with van der Waals surface area (Å²) in [7, 11) is 0. The van der Waals surface area contributed by atoms with Gasteiger partial charge < -0.3 is 0 Å². The van der Waals surface area contributed by atoms with Gasteiger partial charge in [0.15, 0.2) is 0 Å². The van der Waals surface area contributed by atoms with Crippen molar-refractivity contribution in [2.24, 2.45) is 33.7 Å². The van der Waals surface area contributed by atoms with E-state index in [0.717, 1.165) is 17.8 Å². The topological polar surface area (TPSA) is 48.8 Å². The molecule has 2 saturated carbocycles. The third-order valence-electron chi connectivity index (χ3n) is 6.81. The van der Waals surface area contributed by atoms with Gasteiger partial charge in [0.05, 0.1) is 0 Å². The minimum atomic E-state index is 0.462. The van der Waals surface area contributed by atoms with Crippen molar-refractivity contribution in [3.05, 3.63) is 22.1 Å². The van der Waals surface area contributed by atoms with E-state index in [1.54, 1.807) is 5.57 Å². The highest BCUT2D eigenvalue weighted by Gasteiger charge is 2.50. The lowest BCUT2D eigenvalue weighted by atomic mass is 9.60. The van der Waals surface area contributed by atoms with Gasteiger partial charge in [0.25, 0.3) is 0 Å². The smallest absolute Gasteiger partial charge is 0.0442 e. The van der Waals surface area contributed by atoms with Gasteiger partial charge in [0.2, 0.25) is 0 Å². The predicted octanol–water partition coefficient (Wildman–Crippen LogP) is 7.29. The van der Waals surface area contributed by atoms with E-state index in [-0.39, 0.29) is 0 Å². The molecular weight excluding hydrogens is 294 g/mol. The molecule has 0 aromatic heterocycles. The fourth-order valence-corrected chi connectivity index (χ4v) is 5.61. The van der Waals surface area contributed by atoms with Gasteiger partial charge in [0, 0.05) is 11.5 Å². The number of azide groups is 1. The molecule has 4 atom stereocenters. The Morgan fingerprint density at radius 2 is 2.12 bits per heavy atom. The summed E-state index contributed by atoms with van der Waals surface area (Å²) in [6, 6.07) is 0. The molecule has 0 aromatic rings. The van der Waals surface area contributed by atoms with Crippen molar-refractivity contribution in [2.75, 3.05) is 6.54 Å². The Kier molecular flexibility index (Phi) is 6.42. The van der Waals surface area contributed by atoms with Crippen LogP contribution in [0.4, 0.5) is 0 Å². The van der Waals surface area contributed by atoms with Crippen molar-refractivity contribution in [3.63, 3.8) is 0 Å². The van der Waals surface area contributed by atoms with E-state index in [9.17, 15) is 0 Å². The first kappa shape index (κ1) is 19.4. The highest BCUT2D eigenvalue weighted by Crippen LogP contribution is 2.59. The average molecular weight is 332 g/mol. The number of hydrogen-bond donors (Lipinski definition) is 0. The maximum absolute atomic E-state index is 8.52. The Morgan fingerprint density at radius 1 is 1.38 bits per heavy atom. The number of allylic oxidation sites excluding steroid dienone is 1. The van der Waals surface area contributed by atoms with Gasteiger partial charge in [-0.3, -0.25) is 0 Å². The first-order chi connectivity index (χ1) is 11.3. The van der Waals surface area contributed by atoms with Crippen LogP contribution in [0, 0.1) is 28.6 Å². The molecule has 3 nitrogen and oxygen atoms in total. The molecule has 136 valence electrons. The lowest BCUT2D eigenvalue weighted by molar-refractivity contribution is 0.0919. The standard InChI is InChI=1S/C21H37N3/c1-16(8-6-13-20(2,3)4)18-10-11-19-17(12-15-23-24-22)9-7-14-21(18,19)5/h12,16,18-19H,6-11,13-15H2,1-5H3/b17-12+/t16?,18?,19-,21?/m0/s1. The summed E-state index contributed by atoms with van der Waals surface area (Å²) >= 11 is 0. The van der Waals surface area contributed by atoms with E-state index < -0.39 is 0 Å². The minimum absolute atomic E-state index is 0.462. The highest BCUT2D eigenvalue weighted by atomic mass is 15.1. The molecule has 0 aliphatic heterocycles. The van der Waals surface area contributed by atoms with Crippen LogP contribution in [0.3, 0.4) is 0 Å². The second-order valence-electron chi connectivity index (χ2n) is 9.72. The Bertz CT molecular complexity index is 496. The fourth-order valence-electron chi connectivity index (χ4n) is 5.61. The average Bonchev–Trinajstić information content (AvgIpc) is 2.84. The third-order valence-corrected chi connectivity index (χ3v) is 6.81. The molecule has 0 aromatic carbocycles. The fraction of sp³-hybridized carbons (Fsp3) is 0.905. The lowest BCUT2D eigenvalue weighted by Gasteiger charge is -2.44. The Labute approximate surface area is 148 Å². The summed E-state index contributed by atoms with van der Waals surface area (Å²) in [5.74, 6) is 2.43. The molecule has 3 unspecified atom stereocenters. The molecule has 0 N–H and O–H groups in total. The second kappa shape index (κ2) is 7.95. The van der Waals surface area contributed by atoms with Crippen molar-refractivity contribution in [1.29, 1.82) is 0 Å². The van der Waals surface area contributed by atoms with Crippen molar-refractivity contribution in [3.8, 4) is 0 Å². The Morgan fingerprint density at radius 3 is 2.79 bits per heavy atom. The van der Waals surface area contributed by atoms with Crippen molar-refractivity contribution < 1.29 is 0 Å². The molecular formula is C21H37N3. The van der Waals surface area contributed by atoms with Crippen LogP contribution >= 0.6 is 0 Å². The summed E-state index contributed by atoms with van der Waals surface area (Å²) in [6.45, 7) is 12.6. The molecule has 0 radical (unpaired) electrons. The number of nitrogens with zero attached hydrogens (tertiary/aromatic N) is 3. The zero-order valence-corrected chi connectivity index (χ0v) is 16.5. The normalized spacial score (nSPS) is 33.1. The summed E-state index contributed by atoms with van der Waals surface area (Å²) in [6.07, 6.45) is 12.9. The van der Waals surface area contributed by atoms with E-state index >= 15 is 0 Å². The predicted molar refractivity (Wildman–Crippen MR) is 103 cm³/mol. The summed E-state index contributed by atoms with van der Waals surface area (Å²) < 4.78 is 0. The van der Waals surface area contributed by atoms with Crippen LogP contribution in [-0.2, 0) is 0 Å². The molecule has 0 bridgehead atoms. The summed E-state index contributed by atoms with van der Waals surface area (Å²) in [5.41, 5.74) is 11.0. The van der Waals surface area contributed by atoms with Gasteiger partial charge in [-0.1, -0.05) is 64.2 Å². The zero-order chi connectivity index (χ0) is 17.8. The number of fused-ring (bicyclic) bond motifs is 1. The second-order valence-corrected chi connectivity index (χ2v) is 9.72. The minimum Gasteiger partial charge on any atom is -0.0899 e. The summed E-state index contributed by atoms with van der Waals surface area (Å²) in [4.78, 5) is 2.90. The molecule has 0 heterocycles. The summed E-state index contributed by atoms with van der Waals surface area (Å²) in [5, 5.41) is 3.72. The van der Waals surface area contributed by atoms with Crippen molar-refractivity contribution in [1.82, 2.24) is 0 Å². The van der Waals surface area contributed by atoms with Crippen LogP contribution in [0.2, 0.25) is 0 Å². The molecule has 0 amide bonds. The Hall–Kier alpha value is -0.950. The van der Waals surface area contributed by atoms with Crippen LogP contribution in [0.25, 0.3) is 10.4 Å². The van der Waals surface area contributed by atoms with E-state index in [1.807, 2.05) is 0 Å². The maximum atomic E-state index is 8.52. The van der Waals surface area contributed by atoms with E-state index in [0.29, 0.717) is 17.4 Å². The quantitative estimate of drug-likeness (QED) is 0.212. The van der Waals surface area contributed by atoms with E-state index in [1.165, 1.54) is 51.4 Å². The molecule has 3 heteroatoms. The van der Waals surface area contributed by atoms with Gasteiger partial charge >= 0.3 is 0 Å². The number of hydrogen-bond acceptors (Lipinski definition) is 1. The third kappa shape index (κ3) is 4.57. The number of rotatable bonds is 6. The molecule has 2 aliphatic rings. The zero-order valence-electron chi connectivity index (χ0n) is 16.5. The van der Waals surface area contributed by atoms with E-state index in [4.69, 9.17) is 5.53 Å². The maximum Gasteiger partial charge on any atom is 0.0442 e. The van der Waals surface area contributed by atoms with Crippen LogP contribution < -0.4 is 0 Å². The van der Waals surface area contributed by atoms with Crippen LogP contribution in [0.15, 0.2) is 16.8 Å². The van der Waals surface area contributed by atoms with Gasteiger partial charge in [-0.25, -0.2) is 0 Å². The largest absolute Gasteiger partial charge is 0.0899 e. The molecule has 2 rings (SSSR count). The Balaban J connectivity index is 2.01. The first-order valence-corrected chi connectivity index (χ1v) is 9.98. The van der Waals surface area contributed by atoms with Crippen LogP contribution in [0.1, 0.15) is 86.0 Å². The van der Waals surface area contributed by atoms with Crippen LogP contribution in [0.5, 0.6) is 0 Å².